The number of nitrogens with one attached hydrogen (secondary N) is 1. The molecule has 82 valence electrons. The average Bonchev–Trinajstić information content (AvgIpc) is 2.16. The summed E-state index contributed by atoms with van der Waals surface area (Å²) < 4.78 is 0.977. The second-order valence-electron chi connectivity index (χ2n) is 4.40. The minimum atomic E-state index is 0.717. The van der Waals surface area contributed by atoms with E-state index >= 15 is 0 Å². The Kier molecular flexibility index (Phi) is 3.70. The van der Waals surface area contributed by atoms with E-state index in [2.05, 4.69) is 40.3 Å². The summed E-state index contributed by atoms with van der Waals surface area (Å²) in [6, 6.07) is 6.81. The highest BCUT2D eigenvalue weighted by atomic mass is 79.9. The quantitative estimate of drug-likeness (QED) is 0.887. The lowest BCUT2D eigenvalue weighted by atomic mass is 9.82. The van der Waals surface area contributed by atoms with Crippen LogP contribution in [0.2, 0.25) is 5.02 Å². The lowest BCUT2D eigenvalue weighted by Crippen LogP contribution is -2.39. The van der Waals surface area contributed by atoms with Crippen molar-refractivity contribution in [1.82, 2.24) is 5.32 Å². The van der Waals surface area contributed by atoms with Crippen molar-refractivity contribution in [2.45, 2.75) is 32.4 Å². The van der Waals surface area contributed by atoms with Gasteiger partial charge in [-0.05, 0) is 52.4 Å². The van der Waals surface area contributed by atoms with E-state index in [0.29, 0.717) is 0 Å². The molecule has 0 heterocycles. The van der Waals surface area contributed by atoms with Crippen LogP contribution in [0.4, 0.5) is 0 Å². The van der Waals surface area contributed by atoms with Gasteiger partial charge in [-0.25, -0.2) is 0 Å². The van der Waals surface area contributed by atoms with Crippen molar-refractivity contribution in [2.75, 3.05) is 0 Å². The summed E-state index contributed by atoms with van der Waals surface area (Å²) >= 11 is 9.37. The van der Waals surface area contributed by atoms with Crippen molar-refractivity contribution in [2.24, 2.45) is 5.92 Å². The third kappa shape index (κ3) is 2.96. The summed E-state index contributed by atoms with van der Waals surface area (Å²) in [5.41, 5.74) is 1.28. The Morgan fingerprint density at radius 1 is 1.47 bits per heavy atom. The van der Waals surface area contributed by atoms with Crippen LogP contribution in [0.1, 0.15) is 25.3 Å². The molecule has 0 aliphatic heterocycles. The zero-order valence-electron chi connectivity index (χ0n) is 8.76. The number of benzene rings is 1. The topological polar surface area (TPSA) is 12.0 Å². The molecule has 1 N–H and O–H groups in total. The highest BCUT2D eigenvalue weighted by Gasteiger charge is 2.24. The first-order chi connectivity index (χ1) is 7.15. The van der Waals surface area contributed by atoms with E-state index in [0.717, 1.165) is 28.0 Å². The fraction of sp³-hybridized carbons (Fsp3) is 0.500. The minimum absolute atomic E-state index is 0.717. The molecule has 0 amide bonds. The predicted molar refractivity (Wildman–Crippen MR) is 68.2 cm³/mol. The van der Waals surface area contributed by atoms with Gasteiger partial charge in [0.15, 0.2) is 0 Å². The van der Waals surface area contributed by atoms with Gasteiger partial charge in [-0.3, -0.25) is 0 Å². The first-order valence-corrected chi connectivity index (χ1v) is 6.49. The van der Waals surface area contributed by atoms with Crippen LogP contribution in [0.15, 0.2) is 22.7 Å². The fourth-order valence-corrected chi connectivity index (χ4v) is 2.52. The van der Waals surface area contributed by atoms with Crippen LogP contribution < -0.4 is 5.32 Å². The molecule has 1 nitrogen and oxygen atoms in total. The molecule has 0 bridgehead atoms. The van der Waals surface area contributed by atoms with E-state index in [1.807, 2.05) is 6.07 Å². The number of hydrogen-bond donors (Lipinski definition) is 1. The second-order valence-corrected chi connectivity index (χ2v) is 5.66. The molecule has 0 aromatic heterocycles. The maximum atomic E-state index is 5.93. The van der Waals surface area contributed by atoms with Gasteiger partial charge in [-0.2, -0.15) is 0 Å². The van der Waals surface area contributed by atoms with Gasteiger partial charge in [0.2, 0.25) is 0 Å². The third-order valence-electron chi connectivity index (χ3n) is 2.95. The average molecular weight is 289 g/mol. The Morgan fingerprint density at radius 2 is 2.20 bits per heavy atom. The summed E-state index contributed by atoms with van der Waals surface area (Å²) in [7, 11) is 0. The lowest BCUT2D eigenvalue weighted by molar-refractivity contribution is 0.240. The maximum absolute atomic E-state index is 5.93. The van der Waals surface area contributed by atoms with Crippen molar-refractivity contribution in [1.29, 1.82) is 0 Å². The first kappa shape index (κ1) is 11.4. The summed E-state index contributed by atoms with van der Waals surface area (Å²) in [6.45, 7) is 3.24. The molecule has 1 aliphatic rings. The van der Waals surface area contributed by atoms with Crippen LogP contribution in [0.5, 0.6) is 0 Å². The van der Waals surface area contributed by atoms with E-state index in [9.17, 15) is 0 Å². The van der Waals surface area contributed by atoms with Crippen LogP contribution in [-0.2, 0) is 6.54 Å². The molecule has 1 aliphatic carbocycles. The molecule has 3 heteroatoms. The van der Waals surface area contributed by atoms with Gasteiger partial charge in [-0.15, -0.1) is 0 Å². The highest BCUT2D eigenvalue weighted by Crippen LogP contribution is 2.27. The van der Waals surface area contributed by atoms with Gasteiger partial charge in [0.05, 0.1) is 5.02 Å². The number of rotatable bonds is 3. The van der Waals surface area contributed by atoms with Gasteiger partial charge in [0.25, 0.3) is 0 Å². The summed E-state index contributed by atoms with van der Waals surface area (Å²) in [6.07, 6.45) is 2.63. The van der Waals surface area contributed by atoms with Crippen LogP contribution in [0.3, 0.4) is 0 Å². The van der Waals surface area contributed by atoms with Gasteiger partial charge in [0.1, 0.15) is 0 Å². The van der Waals surface area contributed by atoms with Gasteiger partial charge >= 0.3 is 0 Å². The van der Waals surface area contributed by atoms with E-state index < -0.39 is 0 Å². The summed E-state index contributed by atoms with van der Waals surface area (Å²) in [5.74, 6) is 0.902. The zero-order chi connectivity index (χ0) is 10.8. The Hall–Kier alpha value is -0.0500. The second kappa shape index (κ2) is 4.86. The van der Waals surface area contributed by atoms with Crippen molar-refractivity contribution in [3.05, 3.63) is 33.3 Å². The molecular formula is C12H15BrClN. The van der Waals surface area contributed by atoms with Crippen LogP contribution in [0, 0.1) is 5.92 Å². The Morgan fingerprint density at radius 3 is 2.80 bits per heavy atom. The molecule has 2 rings (SSSR count). The SMILES string of the molecule is CC1CC(NCc2ccc(Cl)c(Br)c2)C1. The van der Waals surface area contributed by atoms with Gasteiger partial charge < -0.3 is 5.32 Å². The van der Waals surface area contributed by atoms with Crippen molar-refractivity contribution in [3.8, 4) is 0 Å². The summed E-state index contributed by atoms with van der Waals surface area (Å²) in [5, 5.41) is 4.32. The Labute approximate surface area is 104 Å². The number of halogens is 2. The largest absolute Gasteiger partial charge is 0.310 e. The van der Waals surface area contributed by atoms with Crippen LogP contribution in [0.25, 0.3) is 0 Å². The van der Waals surface area contributed by atoms with Crippen molar-refractivity contribution < 1.29 is 0 Å². The highest BCUT2D eigenvalue weighted by molar-refractivity contribution is 9.10. The Balaban J connectivity index is 1.86. The Bertz CT molecular complexity index is 347. The molecule has 1 aromatic rings. The smallest absolute Gasteiger partial charge is 0.0548 e. The van der Waals surface area contributed by atoms with Crippen molar-refractivity contribution >= 4 is 27.5 Å². The molecule has 0 spiro atoms. The molecule has 1 saturated carbocycles. The molecule has 0 atom stereocenters. The molecule has 1 fully saturated rings. The maximum Gasteiger partial charge on any atom is 0.0548 e. The predicted octanol–water partition coefficient (Wildman–Crippen LogP) is 3.99. The fourth-order valence-electron chi connectivity index (χ4n) is 1.98. The van der Waals surface area contributed by atoms with E-state index in [-0.39, 0.29) is 0 Å². The molecular weight excluding hydrogens is 273 g/mol. The standard InChI is InChI=1S/C12H15BrClN/c1-8-4-10(5-8)15-7-9-2-3-12(14)11(13)6-9/h2-3,6,8,10,15H,4-5,7H2,1H3. The van der Waals surface area contributed by atoms with E-state index in [1.165, 1.54) is 18.4 Å². The molecule has 0 unspecified atom stereocenters. The van der Waals surface area contributed by atoms with Gasteiger partial charge in [-0.1, -0.05) is 24.6 Å². The third-order valence-corrected chi connectivity index (χ3v) is 4.17. The van der Waals surface area contributed by atoms with E-state index in [1.54, 1.807) is 0 Å². The monoisotopic (exact) mass is 287 g/mol. The van der Waals surface area contributed by atoms with Crippen molar-refractivity contribution in [3.63, 3.8) is 0 Å². The van der Waals surface area contributed by atoms with Crippen LogP contribution >= 0.6 is 27.5 Å². The zero-order valence-corrected chi connectivity index (χ0v) is 11.1. The molecule has 15 heavy (non-hydrogen) atoms. The van der Waals surface area contributed by atoms with Gasteiger partial charge in [0, 0.05) is 17.1 Å². The first-order valence-electron chi connectivity index (χ1n) is 5.32. The van der Waals surface area contributed by atoms with Crippen LogP contribution in [-0.4, -0.2) is 6.04 Å². The molecule has 1 aromatic carbocycles. The molecule has 0 saturated heterocycles. The summed E-state index contributed by atoms with van der Waals surface area (Å²) in [4.78, 5) is 0. The normalized spacial score (nSPS) is 25.0. The van der Waals surface area contributed by atoms with E-state index in [4.69, 9.17) is 11.6 Å². The number of hydrogen-bond acceptors (Lipinski definition) is 1. The minimum Gasteiger partial charge on any atom is -0.310 e. The molecule has 0 radical (unpaired) electrons. The lowest BCUT2D eigenvalue weighted by Gasteiger charge is -2.33.